The van der Waals surface area contributed by atoms with Gasteiger partial charge >= 0.3 is 0 Å². The molecule has 1 aromatic heterocycles. The highest BCUT2D eigenvalue weighted by Crippen LogP contribution is 2.35. The maximum Gasteiger partial charge on any atom is 0.194 e. The number of rotatable bonds is 2. The van der Waals surface area contributed by atoms with Gasteiger partial charge in [0.15, 0.2) is 14.9 Å². The third kappa shape index (κ3) is 3.04. The monoisotopic (exact) mass is 324 g/mol. The van der Waals surface area contributed by atoms with Crippen molar-refractivity contribution in [1.29, 1.82) is 0 Å². The quantitative estimate of drug-likeness (QED) is 0.844. The van der Waals surface area contributed by atoms with Gasteiger partial charge in [0.25, 0.3) is 0 Å². The number of fused-ring (bicyclic) bond motifs is 1. The van der Waals surface area contributed by atoms with Crippen LogP contribution in [0.15, 0.2) is 23.2 Å². The highest BCUT2D eigenvalue weighted by atomic mass is 35.5. The van der Waals surface area contributed by atoms with Gasteiger partial charge < -0.3 is 0 Å². The van der Waals surface area contributed by atoms with Gasteiger partial charge in [-0.05, 0) is 31.0 Å². The lowest BCUT2D eigenvalue weighted by atomic mass is 9.87. The van der Waals surface area contributed by atoms with Crippen LogP contribution in [0.1, 0.15) is 43.7 Å². The third-order valence-electron chi connectivity index (χ3n) is 3.96. The van der Waals surface area contributed by atoms with Crippen LogP contribution in [0.25, 0.3) is 11.0 Å². The Morgan fingerprint density at radius 2 is 1.81 bits per heavy atom. The van der Waals surface area contributed by atoms with Crippen LogP contribution in [-0.2, 0) is 9.84 Å². The van der Waals surface area contributed by atoms with Crippen molar-refractivity contribution in [3.8, 4) is 0 Å². The number of sulfone groups is 1. The van der Waals surface area contributed by atoms with Crippen LogP contribution in [0.2, 0.25) is 5.02 Å². The Morgan fingerprint density at radius 1 is 1.10 bits per heavy atom. The van der Waals surface area contributed by atoms with E-state index < -0.39 is 9.84 Å². The SMILES string of the molecule is CS(=O)(=O)c1nc2ccc(Cl)cc2nc1C1CCCCC1. The fraction of sp³-hybridized carbons (Fsp3) is 0.467. The van der Waals surface area contributed by atoms with Crippen molar-refractivity contribution in [2.75, 3.05) is 6.26 Å². The number of halogens is 1. The first kappa shape index (κ1) is 14.7. The molecule has 0 spiro atoms. The molecule has 0 N–H and O–H groups in total. The second kappa shape index (κ2) is 5.54. The molecule has 1 fully saturated rings. The molecule has 1 heterocycles. The van der Waals surface area contributed by atoms with Gasteiger partial charge in [-0.3, -0.25) is 0 Å². The summed E-state index contributed by atoms with van der Waals surface area (Å²) in [6.45, 7) is 0. The summed E-state index contributed by atoms with van der Waals surface area (Å²) in [4.78, 5) is 8.95. The Morgan fingerprint density at radius 3 is 2.48 bits per heavy atom. The summed E-state index contributed by atoms with van der Waals surface area (Å²) in [6, 6.07) is 5.15. The minimum atomic E-state index is -3.39. The summed E-state index contributed by atoms with van der Waals surface area (Å²) in [7, 11) is -3.39. The predicted octanol–water partition coefficient (Wildman–Crippen LogP) is 3.73. The summed E-state index contributed by atoms with van der Waals surface area (Å²) in [5.74, 6) is 0.180. The van der Waals surface area contributed by atoms with E-state index in [4.69, 9.17) is 11.6 Å². The molecule has 0 bridgehead atoms. The molecule has 0 amide bonds. The zero-order chi connectivity index (χ0) is 15.0. The molecule has 112 valence electrons. The van der Waals surface area contributed by atoms with Gasteiger partial charge in [-0.2, -0.15) is 0 Å². The normalized spacial score (nSPS) is 17.2. The molecule has 0 unspecified atom stereocenters. The number of nitrogens with zero attached hydrogens (tertiary/aromatic N) is 2. The number of aromatic nitrogens is 2. The molecule has 0 atom stereocenters. The maximum absolute atomic E-state index is 12.1. The van der Waals surface area contributed by atoms with E-state index in [9.17, 15) is 8.42 Å². The largest absolute Gasteiger partial charge is 0.248 e. The summed E-state index contributed by atoms with van der Waals surface area (Å²) in [6.07, 6.45) is 6.58. The molecule has 1 aromatic carbocycles. The lowest BCUT2D eigenvalue weighted by Gasteiger charge is -2.22. The molecule has 0 radical (unpaired) electrons. The van der Waals surface area contributed by atoms with Gasteiger partial charge in [0.1, 0.15) is 0 Å². The van der Waals surface area contributed by atoms with Gasteiger partial charge in [0.05, 0.1) is 16.7 Å². The van der Waals surface area contributed by atoms with E-state index in [0.29, 0.717) is 21.7 Å². The van der Waals surface area contributed by atoms with Crippen LogP contribution in [-0.4, -0.2) is 24.6 Å². The smallest absolute Gasteiger partial charge is 0.194 e. The van der Waals surface area contributed by atoms with Crippen LogP contribution in [0.5, 0.6) is 0 Å². The van der Waals surface area contributed by atoms with Crippen molar-refractivity contribution < 1.29 is 8.42 Å². The van der Waals surface area contributed by atoms with Crippen LogP contribution in [0, 0.1) is 0 Å². The van der Waals surface area contributed by atoms with E-state index in [-0.39, 0.29) is 10.9 Å². The van der Waals surface area contributed by atoms with Gasteiger partial charge in [-0.15, -0.1) is 0 Å². The van der Waals surface area contributed by atoms with E-state index in [1.165, 1.54) is 12.7 Å². The molecule has 1 aliphatic rings. The second-order valence-corrected chi connectivity index (χ2v) is 8.02. The summed E-state index contributed by atoms with van der Waals surface area (Å²) >= 11 is 6.00. The average Bonchev–Trinajstić information content (AvgIpc) is 2.45. The van der Waals surface area contributed by atoms with E-state index in [0.717, 1.165) is 25.7 Å². The van der Waals surface area contributed by atoms with Crippen molar-refractivity contribution in [3.63, 3.8) is 0 Å². The van der Waals surface area contributed by atoms with Gasteiger partial charge in [0, 0.05) is 17.2 Å². The Hall–Kier alpha value is -1.20. The standard InChI is InChI=1S/C15H17ClN2O2S/c1-21(19,20)15-14(10-5-3-2-4-6-10)17-13-9-11(16)7-8-12(13)18-15/h7-10H,2-6H2,1H3. The molecule has 0 aliphatic heterocycles. The van der Waals surface area contributed by atoms with Crippen molar-refractivity contribution in [2.24, 2.45) is 0 Å². The summed E-state index contributed by atoms with van der Waals surface area (Å²) < 4.78 is 24.2. The Labute approximate surface area is 129 Å². The van der Waals surface area contributed by atoms with E-state index >= 15 is 0 Å². The van der Waals surface area contributed by atoms with E-state index in [2.05, 4.69) is 9.97 Å². The molecule has 0 saturated heterocycles. The van der Waals surface area contributed by atoms with Crippen molar-refractivity contribution in [2.45, 2.75) is 43.0 Å². The molecular weight excluding hydrogens is 308 g/mol. The molecule has 6 heteroatoms. The number of hydrogen-bond donors (Lipinski definition) is 0. The number of hydrogen-bond acceptors (Lipinski definition) is 4. The van der Waals surface area contributed by atoms with Gasteiger partial charge in [-0.25, -0.2) is 18.4 Å². The zero-order valence-corrected chi connectivity index (χ0v) is 13.4. The predicted molar refractivity (Wildman–Crippen MR) is 83.5 cm³/mol. The first-order valence-corrected chi connectivity index (χ1v) is 9.39. The Balaban J connectivity index is 2.23. The van der Waals surface area contributed by atoms with Crippen molar-refractivity contribution in [3.05, 3.63) is 28.9 Å². The molecule has 1 saturated carbocycles. The van der Waals surface area contributed by atoms with E-state index in [1.807, 2.05) is 0 Å². The Bertz CT molecular complexity index is 784. The van der Waals surface area contributed by atoms with Crippen LogP contribution >= 0.6 is 11.6 Å². The first-order valence-electron chi connectivity index (χ1n) is 7.12. The molecule has 3 rings (SSSR count). The first-order chi connectivity index (χ1) is 9.95. The molecular formula is C15H17ClN2O2S. The third-order valence-corrected chi connectivity index (χ3v) is 5.20. The molecule has 21 heavy (non-hydrogen) atoms. The van der Waals surface area contributed by atoms with Crippen LogP contribution < -0.4 is 0 Å². The number of benzene rings is 1. The van der Waals surface area contributed by atoms with Crippen LogP contribution in [0.4, 0.5) is 0 Å². The minimum absolute atomic E-state index is 0.129. The van der Waals surface area contributed by atoms with E-state index in [1.54, 1.807) is 18.2 Å². The zero-order valence-electron chi connectivity index (χ0n) is 11.8. The van der Waals surface area contributed by atoms with Crippen molar-refractivity contribution in [1.82, 2.24) is 9.97 Å². The molecule has 2 aromatic rings. The minimum Gasteiger partial charge on any atom is -0.248 e. The lowest BCUT2D eigenvalue weighted by molar-refractivity contribution is 0.429. The lowest BCUT2D eigenvalue weighted by Crippen LogP contribution is -2.14. The fourth-order valence-corrected chi connectivity index (χ4v) is 3.96. The summed E-state index contributed by atoms with van der Waals surface area (Å²) in [5, 5.41) is 0.711. The fourth-order valence-electron chi connectivity index (χ4n) is 2.94. The van der Waals surface area contributed by atoms with Gasteiger partial charge in [0.2, 0.25) is 0 Å². The highest BCUT2D eigenvalue weighted by Gasteiger charge is 2.26. The van der Waals surface area contributed by atoms with Gasteiger partial charge in [-0.1, -0.05) is 30.9 Å². The summed E-state index contributed by atoms with van der Waals surface area (Å²) in [5.41, 5.74) is 1.85. The topological polar surface area (TPSA) is 59.9 Å². The second-order valence-electron chi connectivity index (χ2n) is 5.65. The molecule has 1 aliphatic carbocycles. The average molecular weight is 325 g/mol. The Kier molecular flexibility index (Phi) is 3.88. The maximum atomic E-state index is 12.1. The van der Waals surface area contributed by atoms with Crippen LogP contribution in [0.3, 0.4) is 0 Å². The highest BCUT2D eigenvalue weighted by molar-refractivity contribution is 7.90. The molecule has 4 nitrogen and oxygen atoms in total. The van der Waals surface area contributed by atoms with Crippen molar-refractivity contribution >= 4 is 32.5 Å².